The Labute approximate surface area is 113 Å². The summed E-state index contributed by atoms with van der Waals surface area (Å²) in [5.41, 5.74) is 6.91. The van der Waals surface area contributed by atoms with Gasteiger partial charge in [0, 0.05) is 13.1 Å². The second-order valence-electron chi connectivity index (χ2n) is 4.90. The third-order valence-electron chi connectivity index (χ3n) is 3.77. The fraction of sp³-hybridized carbons (Fsp3) is 0.500. The lowest BCUT2D eigenvalue weighted by atomic mass is 9.80. The average Bonchev–Trinajstić information content (AvgIpc) is 2.45. The first-order chi connectivity index (χ1) is 9.15. The number of phenolic OH excluding ortho intramolecular Hbond substituents is 1. The Morgan fingerprint density at radius 2 is 2.37 bits per heavy atom. The molecule has 0 saturated carbocycles. The molecule has 3 N–H and O–H groups in total. The normalized spacial score (nSPS) is 23.2. The Morgan fingerprint density at radius 3 is 3.00 bits per heavy atom. The Kier molecular flexibility index (Phi) is 4.27. The van der Waals surface area contributed by atoms with Crippen molar-refractivity contribution in [2.75, 3.05) is 26.7 Å². The summed E-state index contributed by atoms with van der Waals surface area (Å²) in [4.78, 5) is 13.2. The average molecular weight is 264 g/mol. The summed E-state index contributed by atoms with van der Waals surface area (Å²) in [6.07, 6.45) is 0.535. The minimum absolute atomic E-state index is 0.189. The van der Waals surface area contributed by atoms with Gasteiger partial charge in [-0.2, -0.15) is 0 Å². The van der Waals surface area contributed by atoms with Crippen molar-refractivity contribution < 1.29 is 14.6 Å². The number of carbonyl (C=O) groups excluding carboxylic acids is 1. The van der Waals surface area contributed by atoms with Gasteiger partial charge >= 0.3 is 6.09 Å². The molecule has 0 aliphatic carbocycles. The van der Waals surface area contributed by atoms with Crippen LogP contribution in [0.25, 0.3) is 0 Å². The number of hydrogen-bond acceptors (Lipinski definition) is 4. The molecule has 2 unspecified atom stereocenters. The Morgan fingerprint density at radius 1 is 1.58 bits per heavy atom. The molecule has 1 heterocycles. The summed E-state index contributed by atoms with van der Waals surface area (Å²) < 4.78 is 4.75. The smallest absolute Gasteiger partial charge is 0.409 e. The number of amides is 1. The van der Waals surface area contributed by atoms with Gasteiger partial charge in [0.2, 0.25) is 0 Å². The van der Waals surface area contributed by atoms with Gasteiger partial charge in [-0.25, -0.2) is 4.79 Å². The van der Waals surface area contributed by atoms with Crippen LogP contribution in [0.2, 0.25) is 0 Å². The van der Waals surface area contributed by atoms with E-state index < -0.39 is 0 Å². The van der Waals surface area contributed by atoms with Crippen molar-refractivity contribution in [2.45, 2.75) is 12.3 Å². The number of hydrogen-bond donors (Lipinski definition) is 2. The SMILES string of the molecule is COC(=O)N1CCC(c2cccc(O)c2)C(CN)C1. The Hall–Kier alpha value is -1.75. The van der Waals surface area contributed by atoms with Crippen LogP contribution in [0.5, 0.6) is 5.75 Å². The Bertz CT molecular complexity index is 450. The van der Waals surface area contributed by atoms with Gasteiger partial charge in [0.25, 0.3) is 0 Å². The molecule has 19 heavy (non-hydrogen) atoms. The molecule has 1 aliphatic heterocycles. The summed E-state index contributed by atoms with van der Waals surface area (Å²) >= 11 is 0. The van der Waals surface area contributed by atoms with E-state index in [1.807, 2.05) is 12.1 Å². The summed E-state index contributed by atoms with van der Waals surface area (Å²) in [5.74, 6) is 0.733. The lowest BCUT2D eigenvalue weighted by Gasteiger charge is -2.37. The van der Waals surface area contributed by atoms with Crippen molar-refractivity contribution in [3.8, 4) is 5.75 Å². The second-order valence-corrected chi connectivity index (χ2v) is 4.90. The number of likely N-dealkylation sites (tertiary alicyclic amines) is 1. The Balaban J connectivity index is 2.13. The van der Waals surface area contributed by atoms with Crippen LogP contribution in [-0.2, 0) is 4.74 Å². The quantitative estimate of drug-likeness (QED) is 0.849. The van der Waals surface area contributed by atoms with Crippen LogP contribution in [0.1, 0.15) is 17.9 Å². The van der Waals surface area contributed by atoms with Gasteiger partial charge in [-0.3, -0.25) is 0 Å². The fourth-order valence-electron chi connectivity index (χ4n) is 2.76. The lowest BCUT2D eigenvalue weighted by Crippen LogP contribution is -2.45. The number of nitrogens with two attached hydrogens (primary N) is 1. The standard InChI is InChI=1S/C14H20N2O3/c1-19-14(18)16-6-5-13(11(8-15)9-16)10-3-2-4-12(17)7-10/h2-4,7,11,13,17H,5-6,8-9,15H2,1H3. The topological polar surface area (TPSA) is 75.8 Å². The molecule has 1 aromatic carbocycles. The first-order valence-electron chi connectivity index (χ1n) is 6.47. The number of phenols is 1. The molecular weight excluding hydrogens is 244 g/mol. The second kappa shape index (κ2) is 5.93. The maximum absolute atomic E-state index is 11.5. The van der Waals surface area contributed by atoms with Crippen LogP contribution < -0.4 is 5.73 Å². The summed E-state index contributed by atoms with van der Waals surface area (Å²) in [6, 6.07) is 7.28. The lowest BCUT2D eigenvalue weighted by molar-refractivity contribution is 0.0970. The predicted octanol–water partition coefficient (Wildman–Crippen LogP) is 1.52. The van der Waals surface area contributed by atoms with E-state index in [4.69, 9.17) is 10.5 Å². The van der Waals surface area contributed by atoms with Gasteiger partial charge in [0.05, 0.1) is 7.11 Å². The van der Waals surface area contributed by atoms with Gasteiger partial charge in [-0.1, -0.05) is 12.1 Å². The summed E-state index contributed by atoms with van der Waals surface area (Å²) in [6.45, 7) is 1.76. The van der Waals surface area contributed by atoms with Gasteiger partial charge < -0.3 is 20.5 Å². The molecule has 1 fully saturated rings. The van der Waals surface area contributed by atoms with E-state index in [0.717, 1.165) is 12.0 Å². The van der Waals surface area contributed by atoms with Gasteiger partial charge in [-0.05, 0) is 42.5 Å². The molecule has 0 aromatic heterocycles. The minimum atomic E-state index is -0.298. The predicted molar refractivity (Wildman–Crippen MR) is 72.0 cm³/mol. The molecule has 0 spiro atoms. The molecule has 5 nitrogen and oxygen atoms in total. The minimum Gasteiger partial charge on any atom is -0.508 e. The third kappa shape index (κ3) is 2.98. The van der Waals surface area contributed by atoms with E-state index in [-0.39, 0.29) is 23.7 Å². The van der Waals surface area contributed by atoms with Gasteiger partial charge in [0.15, 0.2) is 0 Å². The maximum Gasteiger partial charge on any atom is 0.409 e. The zero-order chi connectivity index (χ0) is 13.8. The number of rotatable bonds is 2. The first kappa shape index (κ1) is 13.7. The molecule has 1 aliphatic rings. The monoisotopic (exact) mass is 264 g/mol. The molecule has 1 saturated heterocycles. The van der Waals surface area contributed by atoms with E-state index >= 15 is 0 Å². The van der Waals surface area contributed by atoms with E-state index in [9.17, 15) is 9.90 Å². The van der Waals surface area contributed by atoms with Gasteiger partial charge in [0.1, 0.15) is 5.75 Å². The van der Waals surface area contributed by atoms with Crippen LogP contribution in [0, 0.1) is 5.92 Å². The molecule has 0 bridgehead atoms. The number of benzene rings is 1. The number of nitrogens with zero attached hydrogens (tertiary/aromatic N) is 1. The first-order valence-corrected chi connectivity index (χ1v) is 6.47. The van der Waals surface area contributed by atoms with Gasteiger partial charge in [-0.15, -0.1) is 0 Å². The maximum atomic E-state index is 11.5. The van der Waals surface area contributed by atoms with Crippen molar-refractivity contribution in [3.63, 3.8) is 0 Å². The molecule has 1 aromatic rings. The van der Waals surface area contributed by atoms with Crippen molar-refractivity contribution in [1.82, 2.24) is 4.90 Å². The molecule has 0 radical (unpaired) electrons. The van der Waals surface area contributed by atoms with Crippen molar-refractivity contribution >= 4 is 6.09 Å². The number of ether oxygens (including phenoxy) is 1. The van der Waals surface area contributed by atoms with Crippen molar-refractivity contribution in [2.24, 2.45) is 11.7 Å². The number of methoxy groups -OCH3 is 1. The molecule has 2 rings (SSSR count). The highest BCUT2D eigenvalue weighted by molar-refractivity contribution is 5.67. The number of aromatic hydroxyl groups is 1. The third-order valence-corrected chi connectivity index (χ3v) is 3.77. The highest BCUT2D eigenvalue weighted by Gasteiger charge is 2.32. The summed E-state index contributed by atoms with van der Waals surface area (Å²) in [5, 5.41) is 9.57. The molecule has 1 amide bonds. The highest BCUT2D eigenvalue weighted by Crippen LogP contribution is 2.33. The van der Waals surface area contributed by atoms with E-state index in [2.05, 4.69) is 0 Å². The number of piperidine rings is 1. The number of carbonyl (C=O) groups is 1. The molecule has 104 valence electrons. The van der Waals surface area contributed by atoms with Crippen LogP contribution in [-0.4, -0.2) is 42.8 Å². The molecule has 2 atom stereocenters. The zero-order valence-electron chi connectivity index (χ0n) is 11.1. The molecular formula is C14H20N2O3. The van der Waals surface area contributed by atoms with Crippen molar-refractivity contribution in [1.29, 1.82) is 0 Å². The van der Waals surface area contributed by atoms with Crippen LogP contribution in [0.15, 0.2) is 24.3 Å². The van der Waals surface area contributed by atoms with Crippen LogP contribution in [0.3, 0.4) is 0 Å². The van der Waals surface area contributed by atoms with E-state index in [1.54, 1.807) is 17.0 Å². The highest BCUT2D eigenvalue weighted by atomic mass is 16.5. The largest absolute Gasteiger partial charge is 0.508 e. The molecule has 5 heteroatoms. The fourth-order valence-corrected chi connectivity index (χ4v) is 2.76. The van der Waals surface area contributed by atoms with Crippen LogP contribution >= 0.6 is 0 Å². The van der Waals surface area contributed by atoms with E-state index in [1.165, 1.54) is 7.11 Å². The summed E-state index contributed by atoms with van der Waals surface area (Å²) in [7, 11) is 1.39. The van der Waals surface area contributed by atoms with Crippen LogP contribution in [0.4, 0.5) is 4.79 Å². The van der Waals surface area contributed by atoms with Crippen molar-refractivity contribution in [3.05, 3.63) is 29.8 Å². The van der Waals surface area contributed by atoms with E-state index in [0.29, 0.717) is 19.6 Å². The zero-order valence-corrected chi connectivity index (χ0v) is 11.1.